The molecule has 3 fully saturated rings. The van der Waals surface area contributed by atoms with Crippen LogP contribution in [0.3, 0.4) is 0 Å². The van der Waals surface area contributed by atoms with Gasteiger partial charge in [-0.2, -0.15) is 12.6 Å². The summed E-state index contributed by atoms with van der Waals surface area (Å²) in [5.41, 5.74) is 1.43. The van der Waals surface area contributed by atoms with Crippen LogP contribution in [0.25, 0.3) is 0 Å². The van der Waals surface area contributed by atoms with Crippen LogP contribution in [-0.4, -0.2) is 46.6 Å². The summed E-state index contributed by atoms with van der Waals surface area (Å²) in [6.45, 7) is 4.64. The first kappa shape index (κ1) is 25.3. The third-order valence-electron chi connectivity index (χ3n) is 9.52. The Balaban J connectivity index is 1.35. The van der Waals surface area contributed by atoms with Crippen molar-refractivity contribution in [1.82, 2.24) is 5.32 Å². The number of carbonyl (C=O) groups excluding carboxylic acids is 3. The summed E-state index contributed by atoms with van der Waals surface area (Å²) in [4.78, 5) is 47.7. The van der Waals surface area contributed by atoms with Crippen molar-refractivity contribution in [2.24, 2.45) is 28.6 Å². The molecule has 0 aromatic carbocycles. The van der Waals surface area contributed by atoms with Crippen molar-refractivity contribution in [2.45, 2.75) is 90.2 Å². The van der Waals surface area contributed by atoms with Gasteiger partial charge in [0.15, 0.2) is 5.78 Å². The van der Waals surface area contributed by atoms with Gasteiger partial charge in [-0.05, 0) is 74.2 Å². The summed E-state index contributed by atoms with van der Waals surface area (Å²) in [7, 11) is 0. The number of amides is 1. The second-order valence-corrected chi connectivity index (χ2v) is 11.6. The van der Waals surface area contributed by atoms with Crippen molar-refractivity contribution in [3.8, 4) is 0 Å². The van der Waals surface area contributed by atoms with Crippen molar-refractivity contribution in [2.75, 3.05) is 5.75 Å². The monoisotopic (exact) mass is 491 g/mol. The molecule has 3 saturated carbocycles. The maximum absolute atomic E-state index is 12.6. The Morgan fingerprint density at radius 2 is 1.88 bits per heavy atom. The van der Waals surface area contributed by atoms with Gasteiger partial charge >= 0.3 is 11.9 Å². The largest absolute Gasteiger partial charge is 0.480 e. The highest BCUT2D eigenvalue weighted by Gasteiger charge is 2.59. The van der Waals surface area contributed by atoms with Crippen LogP contribution in [0.4, 0.5) is 0 Å². The summed E-state index contributed by atoms with van der Waals surface area (Å²) in [5, 5.41) is 11.4. The smallest absolute Gasteiger partial charge is 0.327 e. The molecule has 0 aromatic rings. The van der Waals surface area contributed by atoms with Gasteiger partial charge in [0.25, 0.3) is 0 Å². The van der Waals surface area contributed by atoms with Crippen LogP contribution in [-0.2, 0) is 23.9 Å². The number of thiol groups is 1. The van der Waals surface area contributed by atoms with Crippen molar-refractivity contribution in [3.05, 3.63) is 11.6 Å². The average molecular weight is 492 g/mol. The first-order valence-corrected chi connectivity index (χ1v) is 13.3. The highest BCUT2D eigenvalue weighted by atomic mass is 32.1. The third-order valence-corrected chi connectivity index (χ3v) is 9.89. The molecule has 7 nitrogen and oxygen atoms in total. The molecule has 2 N–H and O–H groups in total. The number of nitrogens with one attached hydrogen (secondary N) is 1. The Labute approximate surface area is 206 Å². The van der Waals surface area contributed by atoms with Gasteiger partial charge in [-0.15, -0.1) is 0 Å². The van der Waals surface area contributed by atoms with E-state index in [1.54, 1.807) is 0 Å². The van der Waals surface area contributed by atoms with Crippen molar-refractivity contribution < 1.29 is 29.0 Å². The number of allylic oxidation sites excluding steroid dienone is 1. The van der Waals surface area contributed by atoms with Gasteiger partial charge in [-0.25, -0.2) is 4.79 Å². The van der Waals surface area contributed by atoms with E-state index in [9.17, 15) is 19.2 Å². The number of ketones is 1. The SMILES string of the molecule is C[C@]12CC[C@@H]3[C@@H](CCC4=CC(=O)CC[C@@]43C)[C@@H]1CC[C@@H]2OC(=O)CCC(=O)N[C@@H](CS)C(=O)O. The lowest BCUT2D eigenvalue weighted by molar-refractivity contribution is -0.160. The molecule has 4 aliphatic rings. The molecule has 0 unspecified atom stereocenters. The van der Waals surface area contributed by atoms with Crippen LogP contribution in [0.1, 0.15) is 78.1 Å². The van der Waals surface area contributed by atoms with Crippen LogP contribution >= 0.6 is 12.6 Å². The van der Waals surface area contributed by atoms with Crippen LogP contribution < -0.4 is 5.32 Å². The van der Waals surface area contributed by atoms with E-state index in [4.69, 9.17) is 9.84 Å². The van der Waals surface area contributed by atoms with E-state index in [1.807, 2.05) is 6.08 Å². The Kier molecular flexibility index (Phi) is 7.19. The fourth-order valence-electron chi connectivity index (χ4n) is 7.59. The topological polar surface area (TPSA) is 110 Å². The van der Waals surface area contributed by atoms with E-state index in [1.165, 1.54) is 5.57 Å². The molecule has 34 heavy (non-hydrogen) atoms. The van der Waals surface area contributed by atoms with Crippen LogP contribution in [0, 0.1) is 28.6 Å². The second-order valence-electron chi connectivity index (χ2n) is 11.2. The van der Waals surface area contributed by atoms with Crippen molar-refractivity contribution in [1.29, 1.82) is 0 Å². The quantitative estimate of drug-likeness (QED) is 0.370. The normalized spacial score (nSPS) is 37.5. The summed E-state index contributed by atoms with van der Waals surface area (Å²) >= 11 is 3.93. The van der Waals surface area contributed by atoms with E-state index in [0.29, 0.717) is 24.2 Å². The number of fused-ring (bicyclic) bond motifs is 5. The molecule has 0 radical (unpaired) electrons. The minimum absolute atomic E-state index is 0.0118. The number of hydrogen-bond acceptors (Lipinski definition) is 6. The fourth-order valence-corrected chi connectivity index (χ4v) is 7.84. The maximum atomic E-state index is 12.6. The predicted molar refractivity (Wildman–Crippen MR) is 129 cm³/mol. The number of carboxylic acid groups (broad SMARTS) is 1. The van der Waals surface area contributed by atoms with E-state index in [0.717, 1.165) is 44.9 Å². The van der Waals surface area contributed by atoms with Gasteiger partial charge in [-0.3, -0.25) is 14.4 Å². The van der Waals surface area contributed by atoms with E-state index < -0.39 is 23.9 Å². The predicted octanol–water partition coefficient (Wildman–Crippen LogP) is 3.71. The highest BCUT2D eigenvalue weighted by Crippen LogP contribution is 2.65. The number of esters is 1. The molecule has 0 aliphatic heterocycles. The zero-order valence-corrected chi connectivity index (χ0v) is 21.1. The molecule has 0 heterocycles. The van der Waals surface area contributed by atoms with E-state index in [-0.39, 0.29) is 41.3 Å². The molecule has 4 aliphatic carbocycles. The number of aliphatic carboxylic acids is 1. The van der Waals surface area contributed by atoms with Crippen LogP contribution in [0.15, 0.2) is 11.6 Å². The van der Waals surface area contributed by atoms with Crippen LogP contribution in [0.5, 0.6) is 0 Å². The third kappa shape index (κ3) is 4.54. The number of rotatable bonds is 7. The maximum Gasteiger partial charge on any atom is 0.327 e. The zero-order valence-electron chi connectivity index (χ0n) is 20.2. The number of carbonyl (C=O) groups is 4. The van der Waals surface area contributed by atoms with E-state index in [2.05, 4.69) is 31.8 Å². The first-order valence-electron chi connectivity index (χ1n) is 12.6. The van der Waals surface area contributed by atoms with Crippen molar-refractivity contribution in [3.63, 3.8) is 0 Å². The van der Waals surface area contributed by atoms with Gasteiger partial charge in [0.1, 0.15) is 12.1 Å². The molecule has 1 amide bonds. The Morgan fingerprint density at radius 1 is 1.12 bits per heavy atom. The lowest BCUT2D eigenvalue weighted by atomic mass is 9.47. The lowest BCUT2D eigenvalue weighted by Gasteiger charge is -2.57. The van der Waals surface area contributed by atoms with Gasteiger partial charge < -0.3 is 15.2 Å². The average Bonchev–Trinajstić information content (AvgIpc) is 3.12. The number of hydrogen-bond donors (Lipinski definition) is 3. The Morgan fingerprint density at radius 3 is 2.59 bits per heavy atom. The molecular formula is C26H37NO6S. The molecule has 4 rings (SSSR count). The molecule has 0 bridgehead atoms. The summed E-state index contributed by atoms with van der Waals surface area (Å²) in [5.74, 6) is -0.0724. The fraction of sp³-hybridized carbons (Fsp3) is 0.769. The second kappa shape index (κ2) is 9.67. The van der Waals surface area contributed by atoms with E-state index >= 15 is 0 Å². The van der Waals surface area contributed by atoms with Gasteiger partial charge in [0, 0.05) is 24.0 Å². The molecular weight excluding hydrogens is 454 g/mol. The molecule has 0 saturated heterocycles. The van der Waals surface area contributed by atoms with Gasteiger partial charge in [0.05, 0.1) is 6.42 Å². The molecule has 8 heteroatoms. The minimum atomic E-state index is -1.15. The Hall–Kier alpha value is -1.83. The molecule has 188 valence electrons. The molecule has 7 atom stereocenters. The Bertz CT molecular complexity index is 902. The molecule has 0 aromatic heterocycles. The first-order chi connectivity index (χ1) is 16.1. The van der Waals surface area contributed by atoms with Gasteiger partial charge in [-0.1, -0.05) is 19.4 Å². The number of ether oxygens (including phenoxy) is 1. The highest BCUT2D eigenvalue weighted by molar-refractivity contribution is 7.80. The molecule has 0 spiro atoms. The summed E-state index contributed by atoms with van der Waals surface area (Å²) < 4.78 is 5.93. The zero-order chi connectivity index (χ0) is 24.7. The lowest BCUT2D eigenvalue weighted by Crippen LogP contribution is -2.51. The number of carboxylic acids is 1. The van der Waals surface area contributed by atoms with Gasteiger partial charge in [0.2, 0.25) is 5.91 Å². The summed E-state index contributed by atoms with van der Waals surface area (Å²) in [6, 6.07) is -1.06. The van der Waals surface area contributed by atoms with Crippen LogP contribution in [0.2, 0.25) is 0 Å². The standard InChI is InChI=1S/C26H37NO6S/c1-25-11-9-16(28)13-15(25)3-4-17-18-5-6-21(26(18,2)12-10-19(17)25)33-23(30)8-7-22(29)27-20(14-34)24(31)32/h13,17-21,34H,3-12,14H2,1-2H3,(H,27,29)(H,31,32)/t17-,18-,19+,20-,21-,25-,26-/m0/s1. The van der Waals surface area contributed by atoms with Crippen molar-refractivity contribution >= 4 is 36.3 Å². The summed E-state index contributed by atoms with van der Waals surface area (Å²) in [6.07, 6.45) is 9.34. The minimum Gasteiger partial charge on any atom is -0.480 e.